The van der Waals surface area contributed by atoms with E-state index in [9.17, 15) is 22.8 Å². The predicted molar refractivity (Wildman–Crippen MR) is 145 cm³/mol. The lowest BCUT2D eigenvalue weighted by Gasteiger charge is -2.58. The van der Waals surface area contributed by atoms with Gasteiger partial charge in [0.2, 0.25) is 0 Å². The van der Waals surface area contributed by atoms with Crippen LogP contribution in [0.1, 0.15) is 86.0 Å². The number of nitrogens with zero attached hydrogens (tertiary/aromatic N) is 2. The van der Waals surface area contributed by atoms with E-state index in [1.807, 2.05) is 26.8 Å². The summed E-state index contributed by atoms with van der Waals surface area (Å²) in [4.78, 5) is 30.6. The average molecular weight is 554 g/mol. The Hall–Kier alpha value is -1.90. The van der Waals surface area contributed by atoms with Gasteiger partial charge in [-0.2, -0.15) is 13.2 Å². The van der Waals surface area contributed by atoms with Gasteiger partial charge in [0.05, 0.1) is 5.71 Å². The van der Waals surface area contributed by atoms with Crippen molar-refractivity contribution in [1.82, 2.24) is 10.2 Å². The normalized spacial score (nSPS) is 34.7. The average Bonchev–Trinajstić information content (AvgIpc) is 3.21. The maximum atomic E-state index is 13.1. The monoisotopic (exact) mass is 553 g/mol. The topological polar surface area (TPSA) is 71.0 Å². The Morgan fingerprint density at radius 2 is 1.90 bits per heavy atom. The highest BCUT2D eigenvalue weighted by Gasteiger charge is 2.59. The first kappa shape index (κ1) is 30.1. The summed E-state index contributed by atoms with van der Waals surface area (Å²) in [5.74, 6) is 2.47. The van der Waals surface area contributed by atoms with Crippen LogP contribution in [0.5, 0.6) is 0 Å². The molecule has 0 unspecified atom stereocenters. The highest BCUT2D eigenvalue weighted by atomic mass is 19.4. The number of hydrogen-bond acceptors (Lipinski definition) is 5. The molecule has 0 aromatic rings. The molecule has 220 valence electrons. The molecule has 1 amide bonds. The zero-order valence-electron chi connectivity index (χ0n) is 24.2. The number of alkyl halides is 3. The number of rotatable bonds is 8. The molecule has 3 fully saturated rings. The van der Waals surface area contributed by atoms with E-state index >= 15 is 0 Å². The minimum atomic E-state index is -4.52. The van der Waals surface area contributed by atoms with Crippen molar-refractivity contribution < 1.29 is 27.6 Å². The van der Waals surface area contributed by atoms with Gasteiger partial charge in [0.25, 0.3) is 0 Å². The van der Waals surface area contributed by atoms with Crippen molar-refractivity contribution in [2.45, 2.75) is 92.2 Å². The Labute approximate surface area is 231 Å². The van der Waals surface area contributed by atoms with Gasteiger partial charge in [0.15, 0.2) is 5.78 Å². The van der Waals surface area contributed by atoms with Gasteiger partial charge in [-0.05, 0) is 99.0 Å². The molecular formula is C30H46F3N3O3. The van der Waals surface area contributed by atoms with Crippen LogP contribution >= 0.6 is 0 Å². The molecule has 6 nitrogen and oxygen atoms in total. The molecule has 0 heterocycles. The second-order valence-electron chi connectivity index (χ2n) is 13.4. The molecular weight excluding hydrogens is 507 g/mol. The number of carbonyl (C=O) groups is 2. The van der Waals surface area contributed by atoms with Crippen molar-refractivity contribution >= 4 is 17.6 Å². The summed E-state index contributed by atoms with van der Waals surface area (Å²) < 4.78 is 39.4. The Morgan fingerprint density at radius 3 is 2.59 bits per heavy atom. The van der Waals surface area contributed by atoms with Crippen molar-refractivity contribution in [3.63, 3.8) is 0 Å². The van der Waals surface area contributed by atoms with Crippen molar-refractivity contribution in [2.75, 3.05) is 26.2 Å². The van der Waals surface area contributed by atoms with E-state index in [0.717, 1.165) is 44.9 Å². The molecule has 9 heteroatoms. The summed E-state index contributed by atoms with van der Waals surface area (Å²) in [6.45, 7) is 10.0. The first-order valence-electron chi connectivity index (χ1n) is 14.8. The molecule has 0 aromatic heterocycles. The number of ketones is 1. The second kappa shape index (κ2) is 11.5. The molecule has 0 saturated heterocycles. The number of hydrogen-bond donors (Lipinski definition) is 1. The van der Waals surface area contributed by atoms with Gasteiger partial charge in [-0.15, -0.1) is 0 Å². The maximum Gasteiger partial charge on any atom is 0.436 e. The predicted octanol–water partition coefficient (Wildman–Crippen LogP) is 6.76. The van der Waals surface area contributed by atoms with E-state index in [0.29, 0.717) is 47.2 Å². The Morgan fingerprint density at radius 1 is 1.15 bits per heavy atom. The standard InChI is InChI=1S/C30H46F3N3O3/c1-19(2)17-34-14-15-36(18-30(31,32)33)27(38)39-35-20(3)24-8-9-25-23-7-6-21-16-22(37)10-12-28(21,4)26(23)11-13-29(24,25)5/h16,19,23-26,34H,6-15,17-18H2,1-5H3/b35-20+/t23-,24+,25-,26-,28-,29+/m0/s1. The molecule has 6 atom stereocenters. The Balaban J connectivity index is 1.42. The van der Waals surface area contributed by atoms with Gasteiger partial charge >= 0.3 is 12.3 Å². The zero-order chi connectivity index (χ0) is 28.6. The molecule has 4 aliphatic rings. The molecule has 1 N–H and O–H groups in total. The SMILES string of the molecule is C/C(=N\OC(=O)N(CCNCC(C)C)CC(F)(F)F)[C@H]1CC[C@H]2[C@@H]3CCC4=CC(=O)CC[C@]4(C)[C@H]3CC[C@]12C. The summed E-state index contributed by atoms with van der Waals surface area (Å²) in [6.07, 6.45) is 4.22. The minimum Gasteiger partial charge on any atom is -0.315 e. The number of carbonyl (C=O) groups excluding carboxylic acids is 2. The molecule has 0 aliphatic heterocycles. The third-order valence-corrected chi connectivity index (χ3v) is 10.5. The molecule has 0 radical (unpaired) electrons. The Bertz CT molecular complexity index is 994. The fourth-order valence-electron chi connectivity index (χ4n) is 8.53. The second-order valence-corrected chi connectivity index (χ2v) is 13.4. The number of allylic oxidation sites excluding steroid dienone is 1. The summed E-state index contributed by atoms with van der Waals surface area (Å²) in [6, 6.07) is 0. The third kappa shape index (κ3) is 6.38. The van der Waals surface area contributed by atoms with E-state index in [1.165, 1.54) is 5.57 Å². The molecule has 0 bridgehead atoms. The zero-order valence-corrected chi connectivity index (χ0v) is 24.2. The van der Waals surface area contributed by atoms with Crippen LogP contribution in [0.2, 0.25) is 0 Å². The number of fused-ring (bicyclic) bond motifs is 5. The lowest BCUT2D eigenvalue weighted by Crippen LogP contribution is -2.51. The minimum absolute atomic E-state index is 0.0235. The molecule has 0 aromatic carbocycles. The quantitative estimate of drug-likeness (QED) is 0.156. The van der Waals surface area contributed by atoms with Gasteiger partial charge < -0.3 is 5.32 Å². The summed E-state index contributed by atoms with van der Waals surface area (Å²) in [5.41, 5.74) is 2.18. The van der Waals surface area contributed by atoms with Gasteiger partial charge in [-0.3, -0.25) is 14.5 Å². The highest BCUT2D eigenvalue weighted by molar-refractivity contribution is 5.91. The van der Waals surface area contributed by atoms with E-state index < -0.39 is 18.8 Å². The molecule has 39 heavy (non-hydrogen) atoms. The van der Waals surface area contributed by atoms with Crippen molar-refractivity contribution in [1.29, 1.82) is 0 Å². The molecule has 4 aliphatic carbocycles. The van der Waals surface area contributed by atoms with Gasteiger partial charge in [0.1, 0.15) is 6.54 Å². The van der Waals surface area contributed by atoms with Crippen molar-refractivity contribution in [3.8, 4) is 0 Å². The van der Waals surface area contributed by atoms with Crippen LogP contribution in [-0.4, -0.2) is 54.8 Å². The van der Waals surface area contributed by atoms with Crippen LogP contribution in [0.15, 0.2) is 16.8 Å². The van der Waals surface area contributed by atoms with Crippen LogP contribution in [-0.2, 0) is 9.63 Å². The Kier molecular flexibility index (Phi) is 8.89. The van der Waals surface area contributed by atoms with E-state index in [1.54, 1.807) is 0 Å². The number of oxime groups is 1. The van der Waals surface area contributed by atoms with E-state index in [2.05, 4.69) is 24.3 Å². The van der Waals surface area contributed by atoms with Crippen LogP contribution in [0.4, 0.5) is 18.0 Å². The van der Waals surface area contributed by atoms with E-state index in [4.69, 9.17) is 4.84 Å². The molecule has 3 saturated carbocycles. The van der Waals surface area contributed by atoms with Gasteiger partial charge in [0, 0.05) is 25.4 Å². The summed E-state index contributed by atoms with van der Waals surface area (Å²) in [7, 11) is 0. The number of nitrogens with one attached hydrogen (secondary N) is 1. The van der Waals surface area contributed by atoms with Crippen LogP contribution < -0.4 is 5.32 Å². The maximum absolute atomic E-state index is 13.1. The van der Waals surface area contributed by atoms with Crippen LogP contribution in [0.3, 0.4) is 0 Å². The van der Waals surface area contributed by atoms with Crippen LogP contribution in [0.25, 0.3) is 0 Å². The van der Waals surface area contributed by atoms with Gasteiger partial charge in [-0.25, -0.2) is 4.79 Å². The number of amides is 1. The summed E-state index contributed by atoms with van der Waals surface area (Å²) >= 11 is 0. The fraction of sp³-hybridized carbons (Fsp3) is 0.833. The number of halogens is 3. The third-order valence-electron chi connectivity index (χ3n) is 10.5. The molecule has 0 spiro atoms. The molecule has 4 rings (SSSR count). The fourth-order valence-corrected chi connectivity index (χ4v) is 8.53. The van der Waals surface area contributed by atoms with Crippen molar-refractivity contribution in [2.24, 2.45) is 45.6 Å². The smallest absolute Gasteiger partial charge is 0.315 e. The van der Waals surface area contributed by atoms with E-state index in [-0.39, 0.29) is 35.6 Å². The highest BCUT2D eigenvalue weighted by Crippen LogP contribution is 2.66. The lowest BCUT2D eigenvalue weighted by atomic mass is 9.46. The van der Waals surface area contributed by atoms with Gasteiger partial charge in [-0.1, -0.05) is 38.4 Å². The largest absolute Gasteiger partial charge is 0.436 e. The first-order valence-corrected chi connectivity index (χ1v) is 14.8. The summed E-state index contributed by atoms with van der Waals surface area (Å²) in [5, 5.41) is 7.21. The van der Waals surface area contributed by atoms with Crippen LogP contribution in [0, 0.1) is 40.4 Å². The lowest BCUT2D eigenvalue weighted by molar-refractivity contribution is -0.142. The van der Waals surface area contributed by atoms with Crippen molar-refractivity contribution in [3.05, 3.63) is 11.6 Å². The first-order chi connectivity index (χ1) is 18.2.